The van der Waals surface area contributed by atoms with Crippen LogP contribution < -0.4 is 10.6 Å². The first-order chi connectivity index (χ1) is 15.3. The van der Waals surface area contributed by atoms with E-state index in [1.165, 1.54) is 0 Å². The highest BCUT2D eigenvalue weighted by Crippen LogP contribution is 2.17. The van der Waals surface area contributed by atoms with Gasteiger partial charge in [-0.25, -0.2) is 13.8 Å². The van der Waals surface area contributed by atoms with E-state index < -0.39 is 17.5 Å². The van der Waals surface area contributed by atoms with E-state index in [0.717, 1.165) is 23.5 Å². The molecule has 2 amide bonds. The van der Waals surface area contributed by atoms with Crippen molar-refractivity contribution >= 4 is 17.5 Å². The predicted molar refractivity (Wildman–Crippen MR) is 118 cm³/mol. The fraction of sp³-hybridized carbons (Fsp3) is 0.292. The molecule has 2 N–H and O–H groups in total. The molecule has 3 aromatic rings. The number of benzene rings is 2. The Morgan fingerprint density at radius 3 is 2.69 bits per heavy atom. The number of carbonyl (C=O) groups is 2. The largest absolute Gasteiger partial charge is 0.352 e. The van der Waals surface area contributed by atoms with Crippen molar-refractivity contribution in [2.75, 3.05) is 11.9 Å². The van der Waals surface area contributed by atoms with E-state index in [9.17, 15) is 18.4 Å². The number of hydrogen-bond acceptors (Lipinski definition) is 3. The molecule has 0 atom stereocenters. The molecule has 0 aliphatic heterocycles. The van der Waals surface area contributed by atoms with Gasteiger partial charge in [-0.2, -0.15) is 0 Å². The van der Waals surface area contributed by atoms with Crippen molar-refractivity contribution in [3.05, 3.63) is 83.4 Å². The van der Waals surface area contributed by atoms with Crippen molar-refractivity contribution in [2.24, 2.45) is 0 Å². The highest BCUT2D eigenvalue weighted by molar-refractivity contribution is 5.94. The third kappa shape index (κ3) is 6.23. The van der Waals surface area contributed by atoms with E-state index in [4.69, 9.17) is 0 Å². The standard InChI is InChI=1S/C24H26F2N4O2/c1-16(2)23-27-11-12-30(23)15-17-5-3-6-19(13-17)29-22(31)7-4-10-28-24(32)20-9-8-18(25)14-21(20)26/h3,5-6,8-9,11-14,16H,4,7,10,15H2,1-2H3,(H,28,32)(H,29,31). The summed E-state index contributed by atoms with van der Waals surface area (Å²) in [6.45, 7) is 5.03. The number of nitrogens with zero attached hydrogens (tertiary/aromatic N) is 2. The average molecular weight is 440 g/mol. The summed E-state index contributed by atoms with van der Waals surface area (Å²) in [5.41, 5.74) is 1.50. The van der Waals surface area contributed by atoms with Gasteiger partial charge in [-0.1, -0.05) is 26.0 Å². The fourth-order valence-electron chi connectivity index (χ4n) is 3.34. The van der Waals surface area contributed by atoms with Gasteiger partial charge in [0.15, 0.2) is 0 Å². The maximum atomic E-state index is 13.6. The topological polar surface area (TPSA) is 76.0 Å². The Bertz CT molecular complexity index is 1100. The van der Waals surface area contributed by atoms with Crippen LogP contribution in [0.2, 0.25) is 0 Å². The van der Waals surface area contributed by atoms with Gasteiger partial charge in [-0.05, 0) is 36.2 Å². The summed E-state index contributed by atoms with van der Waals surface area (Å²) in [6.07, 6.45) is 4.29. The minimum absolute atomic E-state index is 0.185. The Morgan fingerprint density at radius 2 is 1.94 bits per heavy atom. The van der Waals surface area contributed by atoms with Gasteiger partial charge in [0, 0.05) is 49.6 Å². The number of anilines is 1. The molecule has 0 aliphatic carbocycles. The van der Waals surface area contributed by atoms with Crippen LogP contribution in [0.15, 0.2) is 54.9 Å². The zero-order valence-corrected chi connectivity index (χ0v) is 18.1. The van der Waals surface area contributed by atoms with E-state index in [2.05, 4.69) is 34.0 Å². The van der Waals surface area contributed by atoms with Crippen molar-refractivity contribution in [3.63, 3.8) is 0 Å². The number of halogens is 2. The second-order valence-electron chi connectivity index (χ2n) is 7.80. The summed E-state index contributed by atoms with van der Waals surface area (Å²) in [5.74, 6) is -1.18. The highest BCUT2D eigenvalue weighted by Gasteiger charge is 2.12. The van der Waals surface area contributed by atoms with E-state index in [-0.39, 0.29) is 24.4 Å². The fourth-order valence-corrected chi connectivity index (χ4v) is 3.34. The van der Waals surface area contributed by atoms with Crippen LogP contribution in [-0.4, -0.2) is 27.9 Å². The van der Waals surface area contributed by atoms with Gasteiger partial charge in [0.25, 0.3) is 5.91 Å². The quantitative estimate of drug-likeness (QED) is 0.482. The summed E-state index contributed by atoms with van der Waals surface area (Å²) < 4.78 is 28.6. The molecule has 0 saturated carbocycles. The SMILES string of the molecule is CC(C)c1nccn1Cc1cccc(NC(=O)CCCNC(=O)c2ccc(F)cc2F)c1. The lowest BCUT2D eigenvalue weighted by atomic mass is 10.1. The molecule has 0 aliphatic rings. The molecule has 168 valence electrons. The van der Waals surface area contributed by atoms with Crippen LogP contribution in [0.4, 0.5) is 14.5 Å². The number of carbonyl (C=O) groups excluding carboxylic acids is 2. The van der Waals surface area contributed by atoms with E-state index in [0.29, 0.717) is 30.6 Å². The van der Waals surface area contributed by atoms with Gasteiger partial charge in [-0.15, -0.1) is 0 Å². The number of rotatable bonds is 9. The molecule has 0 radical (unpaired) electrons. The Balaban J connectivity index is 1.46. The zero-order valence-electron chi connectivity index (χ0n) is 18.1. The highest BCUT2D eigenvalue weighted by atomic mass is 19.1. The van der Waals surface area contributed by atoms with Gasteiger partial charge in [0.2, 0.25) is 5.91 Å². The summed E-state index contributed by atoms with van der Waals surface area (Å²) in [6, 6.07) is 10.4. The first-order valence-electron chi connectivity index (χ1n) is 10.5. The monoisotopic (exact) mass is 440 g/mol. The molecule has 0 spiro atoms. The molecule has 32 heavy (non-hydrogen) atoms. The number of nitrogens with one attached hydrogen (secondary N) is 2. The molecule has 6 nitrogen and oxygen atoms in total. The van der Waals surface area contributed by atoms with Crippen LogP contribution >= 0.6 is 0 Å². The van der Waals surface area contributed by atoms with Gasteiger partial charge >= 0.3 is 0 Å². The van der Waals surface area contributed by atoms with Crippen molar-refractivity contribution < 1.29 is 18.4 Å². The van der Waals surface area contributed by atoms with Gasteiger partial charge in [0.05, 0.1) is 5.56 Å². The number of amides is 2. The van der Waals surface area contributed by atoms with Gasteiger partial charge in [-0.3, -0.25) is 9.59 Å². The molecule has 1 aromatic heterocycles. The lowest BCUT2D eigenvalue weighted by Gasteiger charge is -2.12. The van der Waals surface area contributed by atoms with Gasteiger partial charge < -0.3 is 15.2 Å². The Morgan fingerprint density at radius 1 is 1.12 bits per heavy atom. The second kappa shape index (κ2) is 10.7. The maximum Gasteiger partial charge on any atom is 0.254 e. The van der Waals surface area contributed by atoms with Crippen LogP contribution in [0.1, 0.15) is 54.4 Å². The van der Waals surface area contributed by atoms with Crippen LogP contribution in [0, 0.1) is 11.6 Å². The minimum Gasteiger partial charge on any atom is -0.352 e. The third-order valence-corrected chi connectivity index (χ3v) is 4.87. The molecule has 0 fully saturated rings. The zero-order chi connectivity index (χ0) is 23.1. The molecule has 8 heteroatoms. The number of aromatic nitrogens is 2. The molecule has 1 heterocycles. The smallest absolute Gasteiger partial charge is 0.254 e. The minimum atomic E-state index is -0.920. The molecule has 0 unspecified atom stereocenters. The van der Waals surface area contributed by atoms with E-state index in [1.54, 1.807) is 6.20 Å². The van der Waals surface area contributed by atoms with Crippen molar-refractivity contribution in [1.29, 1.82) is 0 Å². The molecular formula is C24H26F2N4O2. The van der Waals surface area contributed by atoms with Crippen LogP contribution in [0.5, 0.6) is 0 Å². The molecule has 0 saturated heterocycles. The van der Waals surface area contributed by atoms with E-state index in [1.807, 2.05) is 30.5 Å². The summed E-state index contributed by atoms with van der Waals surface area (Å²) >= 11 is 0. The average Bonchev–Trinajstić information content (AvgIpc) is 3.20. The molecular weight excluding hydrogens is 414 g/mol. The summed E-state index contributed by atoms with van der Waals surface area (Å²) in [5, 5.41) is 5.39. The number of imidazole rings is 1. The third-order valence-electron chi connectivity index (χ3n) is 4.87. The summed E-state index contributed by atoms with van der Waals surface area (Å²) in [4.78, 5) is 28.6. The Kier molecular flexibility index (Phi) is 7.70. The van der Waals surface area contributed by atoms with Crippen molar-refractivity contribution in [1.82, 2.24) is 14.9 Å². The van der Waals surface area contributed by atoms with Crippen LogP contribution in [-0.2, 0) is 11.3 Å². The molecule has 0 bridgehead atoms. The summed E-state index contributed by atoms with van der Waals surface area (Å²) in [7, 11) is 0. The van der Waals surface area contributed by atoms with Crippen molar-refractivity contribution in [2.45, 2.75) is 39.2 Å². The van der Waals surface area contributed by atoms with Crippen LogP contribution in [0.25, 0.3) is 0 Å². The van der Waals surface area contributed by atoms with E-state index >= 15 is 0 Å². The first kappa shape index (κ1) is 23.1. The lowest BCUT2D eigenvalue weighted by Crippen LogP contribution is -2.26. The van der Waals surface area contributed by atoms with Gasteiger partial charge in [0.1, 0.15) is 17.5 Å². The second-order valence-corrected chi connectivity index (χ2v) is 7.80. The lowest BCUT2D eigenvalue weighted by molar-refractivity contribution is -0.116. The van der Waals surface area contributed by atoms with Crippen LogP contribution in [0.3, 0.4) is 0 Å². The first-order valence-corrected chi connectivity index (χ1v) is 10.5. The predicted octanol–water partition coefficient (Wildman–Crippen LogP) is 4.48. The normalized spacial score (nSPS) is 10.9. The Labute approximate surface area is 185 Å². The Hall–Kier alpha value is -3.55. The number of hydrogen-bond donors (Lipinski definition) is 2. The molecule has 3 rings (SSSR count). The maximum absolute atomic E-state index is 13.6. The van der Waals surface area contributed by atoms with Crippen molar-refractivity contribution in [3.8, 4) is 0 Å². The molecule has 2 aromatic carbocycles.